The maximum atomic E-state index is 9.20. The van der Waals surface area contributed by atoms with Gasteiger partial charge in [0, 0.05) is 11.4 Å². The summed E-state index contributed by atoms with van der Waals surface area (Å²) in [6.45, 7) is 12.5. The summed E-state index contributed by atoms with van der Waals surface area (Å²) in [5.74, 6) is 0. The fraction of sp³-hybridized carbons (Fsp3) is 0.684. The number of ether oxygens (including phenoxy) is 1. The van der Waals surface area contributed by atoms with Crippen molar-refractivity contribution in [3.05, 3.63) is 18.6 Å². The minimum absolute atomic E-state index is 0.0315. The zero-order valence-corrected chi connectivity index (χ0v) is 17.2. The molecule has 0 aromatic carbocycles. The number of hydrogen-bond donors (Lipinski definition) is 1. The quantitative estimate of drug-likeness (QED) is 0.592. The number of rotatable bonds is 5. The molecule has 0 amide bonds. The van der Waals surface area contributed by atoms with E-state index in [-0.39, 0.29) is 18.9 Å². The predicted molar refractivity (Wildman–Crippen MR) is 106 cm³/mol. The fourth-order valence-corrected chi connectivity index (χ4v) is 3.52. The van der Waals surface area contributed by atoms with Crippen LogP contribution in [-0.4, -0.2) is 37.6 Å². The molecule has 3 heterocycles. The van der Waals surface area contributed by atoms with Gasteiger partial charge in [0.15, 0.2) is 0 Å². The van der Waals surface area contributed by atoms with Crippen molar-refractivity contribution in [1.29, 1.82) is 0 Å². The Hall–Kier alpha value is -1.11. The molecule has 0 radical (unpaired) electrons. The van der Waals surface area contributed by atoms with E-state index in [1.807, 2.05) is 33.9 Å². The maximum Gasteiger partial charge on any atom is 0.146 e. The van der Waals surface area contributed by atoms with Crippen LogP contribution in [0.5, 0.6) is 0 Å². The number of hydrogen-bond acceptors (Lipinski definition) is 5. The van der Waals surface area contributed by atoms with Gasteiger partial charge in [0.1, 0.15) is 23.2 Å². The molecule has 0 aliphatic carbocycles. The van der Waals surface area contributed by atoms with Crippen molar-refractivity contribution in [2.24, 2.45) is 0 Å². The molecule has 1 N–H and O–H groups in total. The van der Waals surface area contributed by atoms with Crippen LogP contribution in [0.1, 0.15) is 67.0 Å². The highest BCUT2D eigenvalue weighted by Crippen LogP contribution is 2.34. The first kappa shape index (κ1) is 21.9. The highest BCUT2D eigenvalue weighted by atomic mass is 32.2. The molecule has 3 rings (SSSR count). The summed E-state index contributed by atoms with van der Waals surface area (Å²) in [6.07, 6.45) is 6.47. The van der Waals surface area contributed by atoms with Crippen LogP contribution in [0.3, 0.4) is 0 Å². The Bertz CT molecular complexity index is 618. The summed E-state index contributed by atoms with van der Waals surface area (Å²) in [5.41, 5.74) is 0.916. The van der Waals surface area contributed by atoms with Gasteiger partial charge in [-0.1, -0.05) is 41.5 Å². The molecule has 1 fully saturated rings. The van der Waals surface area contributed by atoms with Crippen LogP contribution in [0.25, 0.3) is 11.0 Å². The molecule has 3 unspecified atom stereocenters. The molecule has 3 atom stereocenters. The Morgan fingerprint density at radius 2 is 2.00 bits per heavy atom. The van der Waals surface area contributed by atoms with Crippen LogP contribution in [0, 0.1) is 0 Å². The topological polar surface area (TPSA) is 60.2 Å². The molecule has 142 valence electrons. The summed E-state index contributed by atoms with van der Waals surface area (Å²) < 4.78 is 7.91. The summed E-state index contributed by atoms with van der Waals surface area (Å²) in [5, 5.41) is 11.9. The molecule has 0 bridgehead atoms. The van der Waals surface area contributed by atoms with Gasteiger partial charge >= 0.3 is 0 Å². The lowest BCUT2D eigenvalue weighted by molar-refractivity contribution is -0.0204. The van der Waals surface area contributed by atoms with Crippen LogP contribution in [-0.2, 0) is 4.74 Å². The van der Waals surface area contributed by atoms with Gasteiger partial charge in [-0.05, 0) is 25.3 Å². The normalized spacial score (nSPS) is 20.4. The largest absolute Gasteiger partial charge is 0.394 e. The van der Waals surface area contributed by atoms with Gasteiger partial charge in [0.05, 0.1) is 18.1 Å². The third-order valence-corrected chi connectivity index (χ3v) is 5.24. The van der Waals surface area contributed by atoms with Crippen molar-refractivity contribution in [3.63, 3.8) is 0 Å². The first-order chi connectivity index (χ1) is 12.2. The van der Waals surface area contributed by atoms with Crippen molar-refractivity contribution >= 4 is 22.8 Å². The lowest BCUT2D eigenvalue weighted by Gasteiger charge is -2.15. The highest BCUT2D eigenvalue weighted by Gasteiger charge is 2.27. The van der Waals surface area contributed by atoms with E-state index in [1.54, 1.807) is 18.1 Å². The van der Waals surface area contributed by atoms with Gasteiger partial charge in [0.25, 0.3) is 0 Å². The van der Waals surface area contributed by atoms with Crippen LogP contribution in [0.4, 0.5) is 0 Å². The first-order valence-corrected chi connectivity index (χ1v) is 10.4. The van der Waals surface area contributed by atoms with Crippen molar-refractivity contribution in [2.75, 3.05) is 6.61 Å². The molecule has 0 saturated carbocycles. The summed E-state index contributed by atoms with van der Waals surface area (Å²) in [4.78, 5) is 8.85. The lowest BCUT2D eigenvalue weighted by atomic mass is 10.2. The molecular weight excluding hydrogens is 334 g/mol. The SMILES string of the molecule is CC.CC.CCC(C)Sc1ncnc2c1ccn2C1CCC(CO)O1. The minimum Gasteiger partial charge on any atom is -0.394 e. The van der Waals surface area contributed by atoms with Crippen molar-refractivity contribution in [2.45, 2.75) is 83.4 Å². The molecule has 1 saturated heterocycles. The van der Waals surface area contributed by atoms with E-state index in [0.29, 0.717) is 5.25 Å². The Morgan fingerprint density at radius 3 is 2.60 bits per heavy atom. The predicted octanol–water partition coefficient (Wildman–Crippen LogP) is 5.04. The second-order valence-corrected chi connectivity index (χ2v) is 6.88. The minimum atomic E-state index is -0.0525. The fourth-order valence-electron chi connectivity index (χ4n) is 2.57. The van der Waals surface area contributed by atoms with Crippen molar-refractivity contribution < 1.29 is 9.84 Å². The van der Waals surface area contributed by atoms with Gasteiger partial charge in [-0.15, -0.1) is 11.8 Å². The number of thioether (sulfide) groups is 1. The molecule has 5 nitrogen and oxygen atoms in total. The van der Waals surface area contributed by atoms with Gasteiger partial charge < -0.3 is 14.4 Å². The smallest absolute Gasteiger partial charge is 0.146 e. The van der Waals surface area contributed by atoms with E-state index in [2.05, 4.69) is 34.4 Å². The summed E-state index contributed by atoms with van der Waals surface area (Å²) in [6, 6.07) is 2.07. The van der Waals surface area contributed by atoms with Crippen LogP contribution >= 0.6 is 11.8 Å². The summed E-state index contributed by atoms with van der Waals surface area (Å²) in [7, 11) is 0. The third-order valence-electron chi connectivity index (χ3n) is 3.96. The Kier molecular flexibility index (Phi) is 10.1. The second kappa shape index (κ2) is 11.5. The number of aliphatic hydroxyl groups excluding tert-OH is 1. The van der Waals surface area contributed by atoms with Crippen molar-refractivity contribution in [3.8, 4) is 0 Å². The number of aliphatic hydroxyl groups is 1. The van der Waals surface area contributed by atoms with Crippen LogP contribution in [0.2, 0.25) is 0 Å². The monoisotopic (exact) mass is 367 g/mol. The molecule has 1 aliphatic heterocycles. The third kappa shape index (κ3) is 5.43. The molecular formula is C19H33N3O2S. The van der Waals surface area contributed by atoms with Gasteiger partial charge in [-0.3, -0.25) is 0 Å². The van der Waals surface area contributed by atoms with Gasteiger partial charge in [-0.25, -0.2) is 9.97 Å². The number of fused-ring (bicyclic) bond motifs is 1. The van der Waals surface area contributed by atoms with Gasteiger partial charge in [-0.2, -0.15) is 0 Å². The van der Waals surface area contributed by atoms with E-state index >= 15 is 0 Å². The first-order valence-electron chi connectivity index (χ1n) is 9.47. The number of aromatic nitrogens is 3. The molecule has 1 aliphatic rings. The standard InChI is InChI=1S/C15H21N3O2S.2C2H6/c1-3-10(2)21-15-12-6-7-18(14(12)16-9-17-15)13-5-4-11(8-19)20-13;2*1-2/h6-7,9-11,13,19H,3-5,8H2,1-2H3;2*1-2H3. The van der Waals surface area contributed by atoms with E-state index in [0.717, 1.165) is 35.3 Å². The average molecular weight is 368 g/mol. The zero-order valence-electron chi connectivity index (χ0n) is 16.4. The average Bonchev–Trinajstić information content (AvgIpc) is 3.32. The van der Waals surface area contributed by atoms with E-state index in [9.17, 15) is 5.11 Å². The van der Waals surface area contributed by atoms with Crippen LogP contribution in [0.15, 0.2) is 23.6 Å². The lowest BCUT2D eigenvalue weighted by Crippen LogP contribution is -2.14. The molecule has 25 heavy (non-hydrogen) atoms. The van der Waals surface area contributed by atoms with Crippen molar-refractivity contribution in [1.82, 2.24) is 14.5 Å². The zero-order chi connectivity index (χ0) is 18.8. The summed E-state index contributed by atoms with van der Waals surface area (Å²) >= 11 is 1.79. The Labute approximate surface area is 156 Å². The number of nitrogens with zero attached hydrogens (tertiary/aromatic N) is 3. The highest BCUT2D eigenvalue weighted by molar-refractivity contribution is 8.00. The second-order valence-electron chi connectivity index (χ2n) is 5.45. The van der Waals surface area contributed by atoms with E-state index < -0.39 is 0 Å². The molecule has 2 aromatic heterocycles. The maximum absolute atomic E-state index is 9.20. The molecule has 0 spiro atoms. The Balaban J connectivity index is 0.000000730. The van der Waals surface area contributed by atoms with Gasteiger partial charge in [0.2, 0.25) is 0 Å². The van der Waals surface area contributed by atoms with E-state index in [1.165, 1.54) is 0 Å². The van der Waals surface area contributed by atoms with E-state index in [4.69, 9.17) is 4.74 Å². The van der Waals surface area contributed by atoms with Crippen LogP contribution < -0.4 is 0 Å². The molecule has 6 heteroatoms. The Morgan fingerprint density at radius 1 is 1.28 bits per heavy atom. The molecule has 2 aromatic rings.